The number of ether oxygens (including phenoxy) is 1. The van der Waals surface area contributed by atoms with Gasteiger partial charge in [-0.05, 0) is 37.0 Å². The molecule has 0 radical (unpaired) electrons. The van der Waals surface area contributed by atoms with E-state index in [9.17, 15) is 13.2 Å². The van der Waals surface area contributed by atoms with E-state index in [0.717, 1.165) is 12.8 Å². The van der Waals surface area contributed by atoms with Crippen LogP contribution >= 0.6 is 0 Å². The van der Waals surface area contributed by atoms with Crippen molar-refractivity contribution in [1.29, 1.82) is 0 Å². The lowest BCUT2D eigenvalue weighted by Gasteiger charge is -2.18. The van der Waals surface area contributed by atoms with Gasteiger partial charge in [0.05, 0.1) is 18.4 Å². The molecule has 8 nitrogen and oxygen atoms in total. The third kappa shape index (κ3) is 3.70. The smallest absolute Gasteiger partial charge is 0.246 e. The van der Waals surface area contributed by atoms with Gasteiger partial charge >= 0.3 is 0 Å². The van der Waals surface area contributed by atoms with Gasteiger partial charge in [0.25, 0.3) is 0 Å². The standard InChI is InChI=1S/C18H23N3O5S/c1-4-14-17(18(26-20-14)19-12(2)22)13-7-8-15(25-3)16(11-13)27(23,24)21-9-5-6-10-21/h7-8,11H,4-6,9-10H2,1-3H3,(H,19,22). The van der Waals surface area contributed by atoms with E-state index in [4.69, 9.17) is 9.26 Å². The van der Waals surface area contributed by atoms with Crippen molar-refractivity contribution in [3.63, 3.8) is 0 Å². The number of rotatable bonds is 6. The Morgan fingerprint density at radius 3 is 2.63 bits per heavy atom. The van der Waals surface area contributed by atoms with E-state index in [1.807, 2.05) is 6.92 Å². The molecule has 1 aromatic heterocycles. The number of carbonyl (C=O) groups excluding carboxylic acids is 1. The van der Waals surface area contributed by atoms with Gasteiger partial charge in [0, 0.05) is 20.0 Å². The summed E-state index contributed by atoms with van der Waals surface area (Å²) in [4.78, 5) is 11.6. The Labute approximate surface area is 158 Å². The topological polar surface area (TPSA) is 102 Å². The van der Waals surface area contributed by atoms with Crippen molar-refractivity contribution in [3.05, 3.63) is 23.9 Å². The average molecular weight is 393 g/mol. The number of carbonyl (C=O) groups is 1. The van der Waals surface area contributed by atoms with Crippen LogP contribution in [0.5, 0.6) is 5.75 Å². The number of sulfonamides is 1. The van der Waals surface area contributed by atoms with Crippen molar-refractivity contribution in [1.82, 2.24) is 9.46 Å². The molecule has 2 aromatic rings. The van der Waals surface area contributed by atoms with Crippen LogP contribution in [0, 0.1) is 0 Å². The molecule has 1 aliphatic rings. The lowest BCUT2D eigenvalue weighted by molar-refractivity contribution is -0.114. The summed E-state index contributed by atoms with van der Waals surface area (Å²) in [5.41, 5.74) is 1.80. The molecule has 1 N–H and O–H groups in total. The minimum atomic E-state index is -3.68. The van der Waals surface area contributed by atoms with Crippen molar-refractivity contribution in [2.24, 2.45) is 0 Å². The molecular weight excluding hydrogens is 370 g/mol. The Hall–Kier alpha value is -2.39. The van der Waals surface area contributed by atoms with Crippen LogP contribution in [-0.4, -0.2) is 44.0 Å². The predicted octanol–water partition coefficient (Wildman–Crippen LogP) is 2.66. The van der Waals surface area contributed by atoms with Crippen molar-refractivity contribution in [3.8, 4) is 16.9 Å². The molecule has 0 aliphatic carbocycles. The summed E-state index contributed by atoms with van der Waals surface area (Å²) >= 11 is 0. The summed E-state index contributed by atoms with van der Waals surface area (Å²) in [5.74, 6) is 0.184. The molecule has 1 amide bonds. The highest BCUT2D eigenvalue weighted by molar-refractivity contribution is 7.89. The Balaban J connectivity index is 2.14. The number of anilines is 1. The first kappa shape index (κ1) is 19.4. The summed E-state index contributed by atoms with van der Waals surface area (Å²) in [6.07, 6.45) is 2.26. The third-order valence-corrected chi connectivity index (χ3v) is 6.44. The van der Waals surface area contributed by atoms with Gasteiger partial charge < -0.3 is 9.26 Å². The molecule has 0 saturated carbocycles. The zero-order chi connectivity index (χ0) is 19.6. The Morgan fingerprint density at radius 1 is 1.33 bits per heavy atom. The largest absolute Gasteiger partial charge is 0.495 e. The van der Waals surface area contributed by atoms with E-state index in [2.05, 4.69) is 10.5 Å². The number of benzene rings is 1. The first-order valence-corrected chi connectivity index (χ1v) is 10.3. The maximum atomic E-state index is 13.1. The van der Waals surface area contributed by atoms with Gasteiger partial charge in [-0.1, -0.05) is 18.1 Å². The van der Waals surface area contributed by atoms with Gasteiger partial charge in [-0.25, -0.2) is 8.42 Å². The number of aromatic nitrogens is 1. The Bertz CT molecular complexity index is 946. The highest BCUT2D eigenvalue weighted by Gasteiger charge is 2.31. The molecule has 1 aliphatic heterocycles. The molecule has 0 spiro atoms. The number of nitrogens with one attached hydrogen (secondary N) is 1. The second-order valence-electron chi connectivity index (χ2n) is 6.34. The van der Waals surface area contributed by atoms with E-state index in [-0.39, 0.29) is 22.4 Å². The molecule has 146 valence electrons. The number of hydrogen-bond acceptors (Lipinski definition) is 6. The van der Waals surface area contributed by atoms with E-state index >= 15 is 0 Å². The fourth-order valence-corrected chi connectivity index (χ4v) is 4.91. The highest BCUT2D eigenvalue weighted by Crippen LogP contribution is 2.37. The lowest BCUT2D eigenvalue weighted by atomic mass is 10.0. The first-order valence-electron chi connectivity index (χ1n) is 8.83. The molecule has 3 rings (SSSR count). The molecule has 0 atom stereocenters. The fourth-order valence-electron chi connectivity index (χ4n) is 3.21. The predicted molar refractivity (Wildman–Crippen MR) is 100 cm³/mol. The quantitative estimate of drug-likeness (QED) is 0.809. The molecule has 9 heteroatoms. The third-order valence-electron chi connectivity index (χ3n) is 4.52. The monoisotopic (exact) mass is 393 g/mol. The molecule has 1 aromatic carbocycles. The van der Waals surface area contributed by atoms with E-state index in [0.29, 0.717) is 36.3 Å². The number of hydrogen-bond donors (Lipinski definition) is 1. The normalized spacial score (nSPS) is 15.1. The van der Waals surface area contributed by atoms with Gasteiger partial charge in [-0.3, -0.25) is 10.1 Å². The molecule has 1 fully saturated rings. The summed E-state index contributed by atoms with van der Waals surface area (Å²) in [7, 11) is -2.24. The van der Waals surface area contributed by atoms with Gasteiger partial charge in [0.15, 0.2) is 0 Å². The van der Waals surface area contributed by atoms with Gasteiger partial charge in [0.1, 0.15) is 10.6 Å². The minimum Gasteiger partial charge on any atom is -0.495 e. The van der Waals surface area contributed by atoms with Gasteiger partial charge in [-0.2, -0.15) is 4.31 Å². The number of aryl methyl sites for hydroxylation is 1. The van der Waals surface area contributed by atoms with Crippen LogP contribution in [0.15, 0.2) is 27.6 Å². The van der Waals surface area contributed by atoms with Crippen LogP contribution < -0.4 is 10.1 Å². The highest BCUT2D eigenvalue weighted by atomic mass is 32.2. The number of methoxy groups -OCH3 is 1. The maximum absolute atomic E-state index is 13.1. The van der Waals surface area contributed by atoms with Crippen LogP contribution in [-0.2, 0) is 21.2 Å². The van der Waals surface area contributed by atoms with E-state index in [1.165, 1.54) is 18.3 Å². The summed E-state index contributed by atoms with van der Waals surface area (Å²) < 4.78 is 38.2. The van der Waals surface area contributed by atoms with E-state index in [1.54, 1.807) is 18.2 Å². The Kier molecular flexibility index (Phi) is 5.52. The van der Waals surface area contributed by atoms with Gasteiger partial charge in [0.2, 0.25) is 21.8 Å². The summed E-state index contributed by atoms with van der Waals surface area (Å²) in [6.45, 7) is 4.28. The van der Waals surface area contributed by atoms with Crippen LogP contribution in [0.3, 0.4) is 0 Å². The van der Waals surface area contributed by atoms with Crippen molar-refractivity contribution in [2.45, 2.75) is 38.0 Å². The van der Waals surface area contributed by atoms with Crippen LogP contribution in [0.25, 0.3) is 11.1 Å². The SMILES string of the molecule is CCc1noc(NC(C)=O)c1-c1ccc(OC)c(S(=O)(=O)N2CCCC2)c1. The molecule has 2 heterocycles. The average Bonchev–Trinajstić information content (AvgIpc) is 3.31. The second kappa shape index (κ2) is 7.69. The second-order valence-corrected chi connectivity index (χ2v) is 8.25. The molecule has 1 saturated heterocycles. The zero-order valence-electron chi connectivity index (χ0n) is 15.6. The molecule has 27 heavy (non-hydrogen) atoms. The summed E-state index contributed by atoms with van der Waals surface area (Å²) in [5, 5.41) is 6.60. The van der Waals surface area contributed by atoms with Crippen LogP contribution in [0.4, 0.5) is 5.88 Å². The molecule has 0 unspecified atom stereocenters. The van der Waals surface area contributed by atoms with Crippen LogP contribution in [0.2, 0.25) is 0 Å². The van der Waals surface area contributed by atoms with Crippen molar-refractivity contribution >= 4 is 21.8 Å². The fraction of sp³-hybridized carbons (Fsp3) is 0.444. The number of amides is 1. The lowest BCUT2D eigenvalue weighted by Crippen LogP contribution is -2.28. The minimum absolute atomic E-state index is 0.0985. The molecular formula is C18H23N3O5S. The number of nitrogens with zero attached hydrogens (tertiary/aromatic N) is 2. The maximum Gasteiger partial charge on any atom is 0.246 e. The zero-order valence-corrected chi connectivity index (χ0v) is 16.4. The first-order chi connectivity index (χ1) is 12.9. The van der Waals surface area contributed by atoms with Crippen molar-refractivity contribution in [2.75, 3.05) is 25.5 Å². The van der Waals surface area contributed by atoms with E-state index < -0.39 is 10.0 Å². The molecule has 0 bridgehead atoms. The van der Waals surface area contributed by atoms with Crippen LogP contribution in [0.1, 0.15) is 32.4 Å². The van der Waals surface area contributed by atoms with Gasteiger partial charge in [-0.15, -0.1) is 0 Å². The van der Waals surface area contributed by atoms with Crippen molar-refractivity contribution < 1.29 is 22.5 Å². The summed E-state index contributed by atoms with van der Waals surface area (Å²) in [6, 6.07) is 4.91. The Morgan fingerprint density at radius 2 is 2.04 bits per heavy atom.